The van der Waals surface area contributed by atoms with Crippen molar-refractivity contribution < 1.29 is 4.79 Å². The molecule has 1 aliphatic carbocycles. The van der Waals surface area contributed by atoms with Crippen molar-refractivity contribution >= 4 is 5.91 Å². The maximum Gasteiger partial charge on any atom is 0.220 e. The van der Waals surface area contributed by atoms with Gasteiger partial charge in [0.05, 0.1) is 0 Å². The normalized spacial score (nSPS) is 26.0. The second kappa shape index (κ2) is 7.00. The minimum atomic E-state index is 0.254. The van der Waals surface area contributed by atoms with Crippen LogP contribution in [0.15, 0.2) is 0 Å². The molecular weight excluding hydrogens is 212 g/mol. The van der Waals surface area contributed by atoms with Crippen LogP contribution in [0.3, 0.4) is 0 Å². The minimum absolute atomic E-state index is 0.254. The SMILES string of the molecule is O=C(CCC1CCCC1)NCC1CCCCN1. The van der Waals surface area contributed by atoms with Gasteiger partial charge in [-0.3, -0.25) is 4.79 Å². The third-order valence-electron chi connectivity index (χ3n) is 4.21. The molecule has 17 heavy (non-hydrogen) atoms. The van der Waals surface area contributed by atoms with E-state index in [-0.39, 0.29) is 5.91 Å². The van der Waals surface area contributed by atoms with Crippen LogP contribution in [0, 0.1) is 5.92 Å². The molecule has 3 heteroatoms. The van der Waals surface area contributed by atoms with E-state index in [0.29, 0.717) is 6.04 Å². The lowest BCUT2D eigenvalue weighted by Gasteiger charge is -2.23. The predicted molar refractivity (Wildman–Crippen MR) is 69.8 cm³/mol. The summed E-state index contributed by atoms with van der Waals surface area (Å²) in [4.78, 5) is 11.7. The summed E-state index contributed by atoms with van der Waals surface area (Å²) >= 11 is 0. The van der Waals surface area contributed by atoms with Crippen molar-refractivity contribution in [2.24, 2.45) is 5.92 Å². The number of amides is 1. The number of piperidine rings is 1. The standard InChI is InChI=1S/C14H26N2O/c17-14(9-8-12-5-1-2-6-12)16-11-13-7-3-4-10-15-13/h12-13,15H,1-11H2,(H,16,17). The Labute approximate surface area is 105 Å². The molecule has 98 valence electrons. The highest BCUT2D eigenvalue weighted by Crippen LogP contribution is 2.28. The van der Waals surface area contributed by atoms with Crippen LogP contribution >= 0.6 is 0 Å². The molecule has 2 aliphatic rings. The van der Waals surface area contributed by atoms with E-state index >= 15 is 0 Å². The Morgan fingerprint density at radius 2 is 1.88 bits per heavy atom. The van der Waals surface area contributed by atoms with Gasteiger partial charge in [0.2, 0.25) is 5.91 Å². The Kier molecular flexibility index (Phi) is 5.30. The molecule has 3 nitrogen and oxygen atoms in total. The molecule has 1 saturated heterocycles. The van der Waals surface area contributed by atoms with Gasteiger partial charge in [-0.15, -0.1) is 0 Å². The van der Waals surface area contributed by atoms with Crippen molar-refractivity contribution in [2.45, 2.75) is 63.8 Å². The Morgan fingerprint density at radius 3 is 2.59 bits per heavy atom. The predicted octanol–water partition coefficient (Wildman–Crippen LogP) is 2.22. The molecule has 1 heterocycles. The molecule has 2 rings (SSSR count). The number of carbonyl (C=O) groups is 1. The molecule has 0 aromatic carbocycles. The molecule has 1 aliphatic heterocycles. The summed E-state index contributed by atoms with van der Waals surface area (Å²) in [6, 6.07) is 0.513. The van der Waals surface area contributed by atoms with Crippen LogP contribution in [0.2, 0.25) is 0 Å². The molecule has 1 atom stereocenters. The van der Waals surface area contributed by atoms with E-state index in [1.165, 1.54) is 44.9 Å². The third kappa shape index (κ3) is 4.66. The van der Waals surface area contributed by atoms with Gasteiger partial charge in [0.1, 0.15) is 0 Å². The summed E-state index contributed by atoms with van der Waals surface area (Å²) in [5, 5.41) is 6.53. The molecule has 2 N–H and O–H groups in total. The van der Waals surface area contributed by atoms with Crippen LogP contribution in [-0.2, 0) is 4.79 Å². The summed E-state index contributed by atoms with van der Waals surface area (Å²) in [5.74, 6) is 1.08. The van der Waals surface area contributed by atoms with Crippen LogP contribution in [0.4, 0.5) is 0 Å². The van der Waals surface area contributed by atoms with Gasteiger partial charge in [-0.1, -0.05) is 32.1 Å². The second-order valence-corrected chi connectivity index (χ2v) is 5.64. The summed E-state index contributed by atoms with van der Waals surface area (Å²) in [7, 11) is 0. The van der Waals surface area contributed by atoms with E-state index in [4.69, 9.17) is 0 Å². The van der Waals surface area contributed by atoms with Gasteiger partial charge in [0.15, 0.2) is 0 Å². The molecular formula is C14H26N2O. The van der Waals surface area contributed by atoms with Crippen molar-refractivity contribution in [1.82, 2.24) is 10.6 Å². The minimum Gasteiger partial charge on any atom is -0.355 e. The largest absolute Gasteiger partial charge is 0.355 e. The molecule has 1 unspecified atom stereocenters. The first kappa shape index (κ1) is 12.9. The average molecular weight is 238 g/mol. The summed E-state index contributed by atoms with van der Waals surface area (Å²) < 4.78 is 0. The molecule has 0 bridgehead atoms. The molecule has 0 radical (unpaired) electrons. The van der Waals surface area contributed by atoms with E-state index in [0.717, 1.165) is 31.8 Å². The number of carbonyl (C=O) groups excluding carboxylic acids is 1. The first-order chi connectivity index (χ1) is 8.34. The lowest BCUT2D eigenvalue weighted by Crippen LogP contribution is -2.43. The van der Waals surface area contributed by atoms with Crippen LogP contribution in [0.1, 0.15) is 57.8 Å². The monoisotopic (exact) mass is 238 g/mol. The van der Waals surface area contributed by atoms with E-state index in [1.807, 2.05) is 0 Å². The fourth-order valence-electron chi connectivity index (χ4n) is 3.06. The molecule has 0 aromatic heterocycles. The van der Waals surface area contributed by atoms with E-state index in [1.54, 1.807) is 0 Å². The molecule has 1 amide bonds. The number of hydrogen-bond acceptors (Lipinski definition) is 2. The summed E-state index contributed by atoms with van der Waals surface area (Å²) in [5.41, 5.74) is 0. The lowest BCUT2D eigenvalue weighted by molar-refractivity contribution is -0.121. The Hall–Kier alpha value is -0.570. The van der Waals surface area contributed by atoms with Gasteiger partial charge in [-0.25, -0.2) is 0 Å². The fraction of sp³-hybridized carbons (Fsp3) is 0.929. The van der Waals surface area contributed by atoms with Crippen LogP contribution < -0.4 is 10.6 Å². The molecule has 0 spiro atoms. The summed E-state index contributed by atoms with van der Waals surface area (Å²) in [6.07, 6.45) is 11.1. The molecule has 2 fully saturated rings. The highest BCUT2D eigenvalue weighted by molar-refractivity contribution is 5.75. The highest BCUT2D eigenvalue weighted by Gasteiger charge is 2.17. The first-order valence-electron chi connectivity index (χ1n) is 7.34. The smallest absolute Gasteiger partial charge is 0.220 e. The van der Waals surface area contributed by atoms with E-state index in [2.05, 4.69) is 10.6 Å². The van der Waals surface area contributed by atoms with Gasteiger partial charge < -0.3 is 10.6 Å². The van der Waals surface area contributed by atoms with Gasteiger partial charge in [-0.2, -0.15) is 0 Å². The lowest BCUT2D eigenvalue weighted by atomic mass is 10.0. The van der Waals surface area contributed by atoms with Crippen molar-refractivity contribution in [1.29, 1.82) is 0 Å². The van der Waals surface area contributed by atoms with Crippen molar-refractivity contribution in [3.05, 3.63) is 0 Å². The first-order valence-corrected chi connectivity index (χ1v) is 7.34. The van der Waals surface area contributed by atoms with Gasteiger partial charge in [-0.05, 0) is 31.7 Å². The van der Waals surface area contributed by atoms with E-state index in [9.17, 15) is 4.79 Å². The van der Waals surface area contributed by atoms with Gasteiger partial charge in [0.25, 0.3) is 0 Å². The topological polar surface area (TPSA) is 41.1 Å². The third-order valence-corrected chi connectivity index (χ3v) is 4.21. The zero-order chi connectivity index (χ0) is 11.9. The zero-order valence-corrected chi connectivity index (χ0v) is 10.8. The van der Waals surface area contributed by atoms with Gasteiger partial charge in [0, 0.05) is 19.0 Å². The number of hydrogen-bond donors (Lipinski definition) is 2. The number of rotatable bonds is 5. The Bertz CT molecular complexity index is 230. The zero-order valence-electron chi connectivity index (χ0n) is 10.8. The molecule has 0 aromatic rings. The fourth-order valence-corrected chi connectivity index (χ4v) is 3.06. The Morgan fingerprint density at radius 1 is 1.12 bits per heavy atom. The van der Waals surface area contributed by atoms with Crippen LogP contribution in [-0.4, -0.2) is 25.0 Å². The quantitative estimate of drug-likeness (QED) is 0.771. The second-order valence-electron chi connectivity index (χ2n) is 5.64. The summed E-state index contributed by atoms with van der Waals surface area (Å²) in [6.45, 7) is 1.94. The highest BCUT2D eigenvalue weighted by atomic mass is 16.1. The molecule has 1 saturated carbocycles. The van der Waals surface area contributed by atoms with Crippen LogP contribution in [0.25, 0.3) is 0 Å². The number of nitrogens with one attached hydrogen (secondary N) is 2. The van der Waals surface area contributed by atoms with Gasteiger partial charge >= 0.3 is 0 Å². The van der Waals surface area contributed by atoms with E-state index < -0.39 is 0 Å². The average Bonchev–Trinajstić information content (AvgIpc) is 2.88. The van der Waals surface area contributed by atoms with Crippen molar-refractivity contribution in [2.75, 3.05) is 13.1 Å². The van der Waals surface area contributed by atoms with Crippen molar-refractivity contribution in [3.63, 3.8) is 0 Å². The Balaban J connectivity index is 1.53. The van der Waals surface area contributed by atoms with Crippen LogP contribution in [0.5, 0.6) is 0 Å². The maximum absolute atomic E-state index is 11.7. The van der Waals surface area contributed by atoms with Crippen molar-refractivity contribution in [3.8, 4) is 0 Å². The maximum atomic E-state index is 11.7.